The predicted octanol–water partition coefficient (Wildman–Crippen LogP) is 5.52. The summed E-state index contributed by atoms with van der Waals surface area (Å²) in [5.41, 5.74) is 8.94. The van der Waals surface area contributed by atoms with Crippen LogP contribution in [0.2, 0.25) is 5.02 Å². The summed E-state index contributed by atoms with van der Waals surface area (Å²) < 4.78 is 1.69. The maximum atomic E-state index is 13.1. The van der Waals surface area contributed by atoms with Gasteiger partial charge in [0.25, 0.3) is 0 Å². The minimum Gasteiger partial charge on any atom is -0.368 e. The first-order valence-electron chi connectivity index (χ1n) is 9.94. The van der Waals surface area contributed by atoms with Crippen LogP contribution in [0.15, 0.2) is 65.1 Å². The zero-order valence-electron chi connectivity index (χ0n) is 17.2. The van der Waals surface area contributed by atoms with Gasteiger partial charge in [-0.05, 0) is 24.1 Å². The van der Waals surface area contributed by atoms with E-state index in [1.807, 2.05) is 66.9 Å². The molecule has 10 heteroatoms. The molecule has 1 amide bonds. The van der Waals surface area contributed by atoms with Gasteiger partial charge >= 0.3 is 0 Å². The van der Waals surface area contributed by atoms with Crippen LogP contribution in [0.3, 0.4) is 0 Å². The smallest absolute Gasteiger partial charge is 0.249 e. The lowest BCUT2D eigenvalue weighted by molar-refractivity contribution is -0.119. The standard InChI is InChI=1S/C22H21ClN6OS2/c1-2-18(29-20(24)27-28-22(29)32-12-14-6-4-3-5-7-14)19(30)26-21-25-17(13-31-21)15-8-10-16(23)11-9-15/h3-11,13,18H,2,12H2,1H3,(H2,24,27)(H,25,26,30). The minimum atomic E-state index is -0.550. The third-order valence-corrected chi connectivity index (χ3v) is 6.80. The van der Waals surface area contributed by atoms with Crippen LogP contribution in [0.25, 0.3) is 11.3 Å². The molecule has 7 nitrogen and oxygen atoms in total. The molecule has 0 radical (unpaired) electrons. The van der Waals surface area contributed by atoms with Crippen molar-refractivity contribution in [2.24, 2.45) is 0 Å². The van der Waals surface area contributed by atoms with Crippen molar-refractivity contribution >= 4 is 51.7 Å². The van der Waals surface area contributed by atoms with E-state index in [2.05, 4.69) is 20.5 Å². The van der Waals surface area contributed by atoms with E-state index in [9.17, 15) is 4.79 Å². The molecule has 164 valence electrons. The summed E-state index contributed by atoms with van der Waals surface area (Å²) in [4.78, 5) is 17.6. The van der Waals surface area contributed by atoms with E-state index in [4.69, 9.17) is 17.3 Å². The van der Waals surface area contributed by atoms with E-state index in [0.29, 0.717) is 27.5 Å². The molecule has 1 unspecified atom stereocenters. The van der Waals surface area contributed by atoms with E-state index in [-0.39, 0.29) is 11.9 Å². The van der Waals surface area contributed by atoms with E-state index in [0.717, 1.165) is 16.8 Å². The Labute approximate surface area is 199 Å². The molecule has 2 aromatic heterocycles. The molecule has 0 bridgehead atoms. The van der Waals surface area contributed by atoms with Gasteiger partial charge in [-0.25, -0.2) is 4.98 Å². The molecule has 0 fully saturated rings. The normalized spacial score (nSPS) is 11.9. The van der Waals surface area contributed by atoms with Crippen molar-refractivity contribution in [1.82, 2.24) is 19.7 Å². The zero-order chi connectivity index (χ0) is 22.5. The molecule has 4 aromatic rings. The molecule has 3 N–H and O–H groups in total. The van der Waals surface area contributed by atoms with Crippen LogP contribution in [0.1, 0.15) is 24.9 Å². The SMILES string of the molecule is CCC(C(=O)Nc1nc(-c2ccc(Cl)cc2)cs1)n1c(N)nnc1SCc1ccccc1. The summed E-state index contributed by atoms with van der Waals surface area (Å²) in [5, 5.41) is 14.8. The number of hydrogen-bond donors (Lipinski definition) is 2. The fourth-order valence-corrected chi connectivity index (χ4v) is 4.96. The Morgan fingerprint density at radius 1 is 1.19 bits per heavy atom. The maximum Gasteiger partial charge on any atom is 0.249 e. The fraction of sp³-hybridized carbons (Fsp3) is 0.182. The van der Waals surface area contributed by atoms with Crippen LogP contribution >= 0.6 is 34.7 Å². The lowest BCUT2D eigenvalue weighted by Crippen LogP contribution is -2.27. The number of nitrogen functional groups attached to an aromatic ring is 1. The predicted molar refractivity (Wildman–Crippen MR) is 131 cm³/mol. The molecular formula is C22H21ClN6OS2. The fourth-order valence-electron chi connectivity index (χ4n) is 3.16. The Morgan fingerprint density at radius 3 is 2.66 bits per heavy atom. The number of nitrogens with zero attached hydrogens (tertiary/aromatic N) is 4. The molecule has 0 aliphatic heterocycles. The van der Waals surface area contributed by atoms with Crippen molar-refractivity contribution < 1.29 is 4.79 Å². The molecule has 4 rings (SSSR count). The molecular weight excluding hydrogens is 464 g/mol. The lowest BCUT2D eigenvalue weighted by atomic mass is 10.2. The average Bonchev–Trinajstić information content (AvgIpc) is 3.41. The molecule has 2 heterocycles. The first-order chi connectivity index (χ1) is 15.5. The number of nitrogens with two attached hydrogens (primary N) is 1. The molecule has 0 spiro atoms. The van der Waals surface area contributed by atoms with Crippen molar-refractivity contribution in [3.8, 4) is 11.3 Å². The monoisotopic (exact) mass is 484 g/mol. The second kappa shape index (κ2) is 10.2. The summed E-state index contributed by atoms with van der Waals surface area (Å²) in [6, 6.07) is 16.9. The molecule has 0 aliphatic carbocycles. The van der Waals surface area contributed by atoms with Crippen LogP contribution in [0.5, 0.6) is 0 Å². The zero-order valence-corrected chi connectivity index (χ0v) is 19.6. The van der Waals surface area contributed by atoms with Crippen LogP contribution in [0, 0.1) is 0 Å². The van der Waals surface area contributed by atoms with Crippen molar-refractivity contribution in [2.75, 3.05) is 11.1 Å². The third kappa shape index (κ3) is 5.12. The Hall–Kier alpha value is -2.88. The first-order valence-corrected chi connectivity index (χ1v) is 12.2. The Morgan fingerprint density at radius 2 is 1.94 bits per heavy atom. The highest BCUT2D eigenvalue weighted by molar-refractivity contribution is 7.98. The summed E-state index contributed by atoms with van der Waals surface area (Å²) in [6.07, 6.45) is 0.530. The first kappa shape index (κ1) is 22.3. The molecule has 0 saturated heterocycles. The van der Waals surface area contributed by atoms with E-state index < -0.39 is 6.04 Å². The number of rotatable bonds is 8. The van der Waals surface area contributed by atoms with Gasteiger partial charge in [0.05, 0.1) is 5.69 Å². The van der Waals surface area contributed by atoms with Crippen molar-refractivity contribution in [3.05, 3.63) is 70.6 Å². The van der Waals surface area contributed by atoms with Crippen LogP contribution in [-0.2, 0) is 10.5 Å². The Kier molecular flexibility index (Phi) is 7.09. The number of halogens is 1. The van der Waals surface area contributed by atoms with E-state index in [1.54, 1.807) is 4.57 Å². The molecule has 2 aromatic carbocycles. The number of amides is 1. The number of nitrogens with one attached hydrogen (secondary N) is 1. The average molecular weight is 485 g/mol. The number of carbonyl (C=O) groups excluding carboxylic acids is 1. The van der Waals surface area contributed by atoms with E-state index in [1.165, 1.54) is 23.1 Å². The number of hydrogen-bond acceptors (Lipinski definition) is 7. The lowest BCUT2D eigenvalue weighted by Gasteiger charge is -2.18. The number of aromatic nitrogens is 4. The number of benzene rings is 2. The topological polar surface area (TPSA) is 98.7 Å². The summed E-state index contributed by atoms with van der Waals surface area (Å²) >= 11 is 8.82. The molecule has 1 atom stereocenters. The molecule has 32 heavy (non-hydrogen) atoms. The molecule has 0 aliphatic rings. The summed E-state index contributed by atoms with van der Waals surface area (Å²) in [7, 11) is 0. The van der Waals surface area contributed by atoms with Gasteiger partial charge in [0.2, 0.25) is 11.9 Å². The van der Waals surface area contributed by atoms with Crippen LogP contribution in [-0.4, -0.2) is 25.7 Å². The van der Waals surface area contributed by atoms with Crippen molar-refractivity contribution in [2.45, 2.75) is 30.3 Å². The highest BCUT2D eigenvalue weighted by Crippen LogP contribution is 2.30. The quantitative estimate of drug-likeness (QED) is 0.319. The highest BCUT2D eigenvalue weighted by Gasteiger charge is 2.25. The minimum absolute atomic E-state index is 0.211. The number of thioether (sulfide) groups is 1. The molecule has 0 saturated carbocycles. The Balaban J connectivity index is 1.49. The van der Waals surface area contributed by atoms with Crippen molar-refractivity contribution in [1.29, 1.82) is 0 Å². The largest absolute Gasteiger partial charge is 0.368 e. The number of anilines is 2. The van der Waals surface area contributed by atoms with Gasteiger partial charge in [-0.2, -0.15) is 0 Å². The Bertz CT molecular complexity index is 1190. The van der Waals surface area contributed by atoms with Crippen LogP contribution < -0.4 is 11.1 Å². The maximum absolute atomic E-state index is 13.1. The number of carbonyl (C=O) groups is 1. The van der Waals surface area contributed by atoms with E-state index >= 15 is 0 Å². The summed E-state index contributed by atoms with van der Waals surface area (Å²) in [6.45, 7) is 1.93. The van der Waals surface area contributed by atoms with Crippen LogP contribution in [0.4, 0.5) is 11.1 Å². The third-order valence-electron chi connectivity index (χ3n) is 4.78. The van der Waals surface area contributed by atoms with Gasteiger partial charge in [-0.1, -0.05) is 72.8 Å². The van der Waals surface area contributed by atoms with Gasteiger partial charge < -0.3 is 11.1 Å². The van der Waals surface area contributed by atoms with Gasteiger partial charge in [0.15, 0.2) is 10.3 Å². The van der Waals surface area contributed by atoms with Gasteiger partial charge in [-0.15, -0.1) is 21.5 Å². The second-order valence-corrected chi connectivity index (χ2v) is 9.18. The van der Waals surface area contributed by atoms with Gasteiger partial charge in [0.1, 0.15) is 6.04 Å². The summed E-state index contributed by atoms with van der Waals surface area (Å²) in [5.74, 6) is 0.703. The van der Waals surface area contributed by atoms with Gasteiger partial charge in [0, 0.05) is 21.7 Å². The second-order valence-electron chi connectivity index (χ2n) is 6.94. The van der Waals surface area contributed by atoms with Crippen molar-refractivity contribution in [3.63, 3.8) is 0 Å². The van der Waals surface area contributed by atoms with Gasteiger partial charge in [-0.3, -0.25) is 9.36 Å². The number of thiazole rings is 1. The highest BCUT2D eigenvalue weighted by atomic mass is 35.5.